The number of benzene rings is 4. The van der Waals surface area contributed by atoms with Crippen molar-refractivity contribution in [2.45, 2.75) is 37.8 Å². The lowest BCUT2D eigenvalue weighted by atomic mass is 9.81. The molecule has 4 aromatic rings. The lowest BCUT2D eigenvalue weighted by Gasteiger charge is -2.42. The van der Waals surface area contributed by atoms with Gasteiger partial charge in [0.2, 0.25) is 11.8 Å². The topological polar surface area (TPSA) is 141 Å². The molecule has 0 bridgehead atoms. The molecule has 4 amide bonds. The molecular weight excluding hydrogens is 677 g/mol. The van der Waals surface area contributed by atoms with E-state index in [1.807, 2.05) is 48.5 Å². The van der Waals surface area contributed by atoms with Gasteiger partial charge in [-0.05, 0) is 72.5 Å². The van der Waals surface area contributed by atoms with Crippen molar-refractivity contribution in [3.05, 3.63) is 129 Å². The van der Waals surface area contributed by atoms with Gasteiger partial charge in [0.05, 0.1) is 23.5 Å². The molecule has 2 heterocycles. The zero-order chi connectivity index (χ0) is 35.2. The molecule has 10 nitrogen and oxygen atoms in total. The van der Waals surface area contributed by atoms with E-state index < -0.39 is 5.92 Å². The van der Waals surface area contributed by atoms with Crippen LogP contribution in [-0.4, -0.2) is 59.5 Å². The Morgan fingerprint density at radius 2 is 1.58 bits per heavy atom. The molecule has 2 aliphatic rings. The van der Waals surface area contributed by atoms with Crippen molar-refractivity contribution in [3.8, 4) is 11.5 Å². The molecule has 1 saturated heterocycles. The highest BCUT2D eigenvalue weighted by Gasteiger charge is 2.39. The number of amides is 4. The molecule has 4 N–H and O–H groups in total. The number of hydrogen-bond acceptors (Lipinski definition) is 7. The van der Waals surface area contributed by atoms with E-state index in [-0.39, 0.29) is 67.5 Å². The van der Waals surface area contributed by atoms with E-state index in [0.29, 0.717) is 45.5 Å². The Labute approximate surface area is 299 Å². The van der Waals surface area contributed by atoms with Crippen LogP contribution in [0.4, 0.5) is 0 Å². The molecule has 4 aromatic carbocycles. The average Bonchev–Trinajstić information content (AvgIpc) is 3.31. The van der Waals surface area contributed by atoms with Gasteiger partial charge in [-0.3, -0.25) is 29.5 Å². The van der Waals surface area contributed by atoms with Gasteiger partial charge in [0.15, 0.2) is 0 Å². The smallest absolute Gasteiger partial charge is 0.261 e. The van der Waals surface area contributed by atoms with E-state index in [1.54, 1.807) is 48.5 Å². The minimum atomic E-state index is -0.540. The van der Waals surface area contributed by atoms with Gasteiger partial charge in [-0.1, -0.05) is 71.7 Å². The summed E-state index contributed by atoms with van der Waals surface area (Å²) in [5.41, 5.74) is 2.21. The van der Waals surface area contributed by atoms with Gasteiger partial charge in [0, 0.05) is 41.6 Å². The number of amidine groups is 1. The lowest BCUT2D eigenvalue weighted by Crippen LogP contribution is -2.60. The van der Waals surface area contributed by atoms with Crippen molar-refractivity contribution in [1.82, 2.24) is 20.9 Å². The third-order valence-electron chi connectivity index (χ3n) is 8.76. The van der Waals surface area contributed by atoms with Gasteiger partial charge in [-0.25, -0.2) is 0 Å². The Hall–Kier alpha value is -5.03. The number of para-hydroxylation sites is 1. The van der Waals surface area contributed by atoms with Gasteiger partial charge < -0.3 is 20.7 Å². The second-order valence-corrected chi connectivity index (χ2v) is 13.2. The third kappa shape index (κ3) is 8.39. The maximum atomic E-state index is 13.6. The number of hydrogen-bond donors (Lipinski definition) is 4. The molecule has 3 atom stereocenters. The number of nitrogens with one attached hydrogen (secondary N) is 4. The predicted octanol–water partition coefficient (Wildman–Crippen LogP) is 5.81. The Morgan fingerprint density at radius 3 is 2.28 bits per heavy atom. The molecule has 0 aromatic heterocycles. The van der Waals surface area contributed by atoms with Crippen LogP contribution in [-0.2, 0) is 22.4 Å². The summed E-state index contributed by atoms with van der Waals surface area (Å²) in [5.74, 6) is -0.490. The Morgan fingerprint density at radius 1 is 0.900 bits per heavy atom. The average molecular weight is 713 g/mol. The minimum absolute atomic E-state index is 0.0361. The summed E-state index contributed by atoms with van der Waals surface area (Å²) < 4.78 is 5.86. The summed E-state index contributed by atoms with van der Waals surface area (Å²) in [6.45, 7) is 0.123. The summed E-state index contributed by atoms with van der Waals surface area (Å²) >= 11 is 12.6. The molecule has 50 heavy (non-hydrogen) atoms. The number of ether oxygens (including phenoxy) is 1. The Kier molecular flexibility index (Phi) is 10.9. The van der Waals surface area contributed by atoms with E-state index in [4.69, 9.17) is 33.3 Å². The first-order chi connectivity index (χ1) is 24.1. The van der Waals surface area contributed by atoms with Crippen molar-refractivity contribution < 1.29 is 23.9 Å². The van der Waals surface area contributed by atoms with Crippen LogP contribution in [0.2, 0.25) is 10.0 Å². The first-order valence-electron chi connectivity index (χ1n) is 16.3. The highest BCUT2D eigenvalue weighted by Crippen LogP contribution is 2.30. The van der Waals surface area contributed by atoms with Gasteiger partial charge in [0.1, 0.15) is 17.3 Å². The first kappa shape index (κ1) is 34.8. The van der Waals surface area contributed by atoms with Crippen LogP contribution >= 0.6 is 23.2 Å². The number of rotatable bonds is 13. The molecule has 0 saturated carbocycles. The predicted molar refractivity (Wildman–Crippen MR) is 191 cm³/mol. The normalized spacial score (nSPS) is 17.0. The maximum absolute atomic E-state index is 13.6. The van der Waals surface area contributed by atoms with Crippen LogP contribution in [0.1, 0.15) is 44.7 Å². The summed E-state index contributed by atoms with van der Waals surface area (Å²) in [7, 11) is 0. The molecule has 12 heteroatoms. The van der Waals surface area contributed by atoms with Crippen LogP contribution in [0.25, 0.3) is 0 Å². The fraction of sp³-hybridized carbons (Fsp3) is 0.237. The molecule has 256 valence electrons. The third-order valence-corrected chi connectivity index (χ3v) is 9.35. The van der Waals surface area contributed by atoms with Gasteiger partial charge >= 0.3 is 0 Å². The van der Waals surface area contributed by atoms with E-state index in [9.17, 15) is 19.2 Å². The van der Waals surface area contributed by atoms with Crippen LogP contribution in [0.15, 0.2) is 97.1 Å². The summed E-state index contributed by atoms with van der Waals surface area (Å²) in [6.07, 6.45) is 1.26. The molecule has 6 rings (SSSR count). The van der Waals surface area contributed by atoms with Crippen molar-refractivity contribution >= 4 is 52.7 Å². The lowest BCUT2D eigenvalue weighted by molar-refractivity contribution is -0.127. The van der Waals surface area contributed by atoms with E-state index in [0.717, 1.165) is 16.0 Å². The summed E-state index contributed by atoms with van der Waals surface area (Å²) in [6, 6.07) is 28.1. The van der Waals surface area contributed by atoms with Gasteiger partial charge in [-0.2, -0.15) is 0 Å². The number of imide groups is 1. The summed E-state index contributed by atoms with van der Waals surface area (Å²) in [4.78, 5) is 53.0. The highest BCUT2D eigenvalue weighted by atomic mass is 35.5. The Balaban J connectivity index is 1.01. The first-order valence-corrected chi connectivity index (χ1v) is 17.0. The zero-order valence-electron chi connectivity index (χ0n) is 27.0. The zero-order valence-corrected chi connectivity index (χ0v) is 28.5. The SMILES string of the molecule is N=C(CC1CC(C(Cc2ccc(Cl)cc2Cl)C(=O)NCCN2C(=O)c3ccccc3C2=O)N1)NC(=O)Cc1cccc(Oc2ccccc2)c1. The van der Waals surface area contributed by atoms with Crippen LogP contribution < -0.4 is 20.7 Å². The number of carbonyl (C=O) groups is 4. The van der Waals surface area contributed by atoms with Crippen LogP contribution in [0.3, 0.4) is 0 Å². The number of halogens is 2. The standard InChI is InChI=1S/C38H35Cl2N5O5/c39-25-14-13-24(32(40)20-25)19-31(36(47)42-15-16-45-37(48)29-11-4-5-12-30(29)38(45)49)33-21-26(43-33)22-34(41)44-35(46)18-23-7-6-10-28(17-23)50-27-8-2-1-3-9-27/h1-14,17,20,26,31,33,43H,15-16,18-19,21-22H2,(H,42,47)(H2,41,44,46). The quantitative estimate of drug-likeness (QED) is 0.0784. The number of fused-ring (bicyclic) bond motifs is 1. The molecule has 3 unspecified atom stereocenters. The minimum Gasteiger partial charge on any atom is -0.457 e. The highest BCUT2D eigenvalue weighted by molar-refractivity contribution is 6.35. The van der Waals surface area contributed by atoms with Crippen LogP contribution in [0.5, 0.6) is 11.5 Å². The summed E-state index contributed by atoms with van der Waals surface area (Å²) in [5, 5.41) is 18.3. The monoisotopic (exact) mass is 711 g/mol. The van der Waals surface area contributed by atoms with Crippen molar-refractivity contribution in [2.75, 3.05) is 13.1 Å². The maximum Gasteiger partial charge on any atom is 0.261 e. The number of nitrogens with zero attached hydrogens (tertiary/aromatic N) is 1. The van der Waals surface area contributed by atoms with Crippen molar-refractivity contribution in [1.29, 1.82) is 5.41 Å². The van der Waals surface area contributed by atoms with Gasteiger partial charge in [0.25, 0.3) is 11.8 Å². The Bertz CT molecular complexity index is 1900. The number of carbonyl (C=O) groups excluding carboxylic acids is 4. The van der Waals surface area contributed by atoms with E-state index in [2.05, 4.69) is 16.0 Å². The second kappa shape index (κ2) is 15.7. The largest absolute Gasteiger partial charge is 0.457 e. The molecular formula is C38H35Cl2N5O5. The van der Waals surface area contributed by atoms with E-state index in [1.165, 1.54) is 0 Å². The second-order valence-electron chi connectivity index (χ2n) is 12.3. The fourth-order valence-corrected chi connectivity index (χ4v) is 6.74. The fourth-order valence-electron chi connectivity index (χ4n) is 6.25. The van der Waals surface area contributed by atoms with Gasteiger partial charge in [-0.15, -0.1) is 0 Å². The molecule has 1 fully saturated rings. The van der Waals surface area contributed by atoms with E-state index >= 15 is 0 Å². The molecule has 0 radical (unpaired) electrons. The molecule has 0 spiro atoms. The molecule has 2 aliphatic heterocycles. The molecule has 0 aliphatic carbocycles. The van der Waals surface area contributed by atoms with Crippen LogP contribution in [0, 0.1) is 11.3 Å². The van der Waals surface area contributed by atoms with Crippen molar-refractivity contribution in [2.24, 2.45) is 5.92 Å². The van der Waals surface area contributed by atoms with Crippen molar-refractivity contribution in [3.63, 3.8) is 0 Å².